The first-order valence-electron chi connectivity index (χ1n) is 9.56. The smallest absolute Gasteiger partial charge is 0.329 e. The Morgan fingerprint density at radius 2 is 1.97 bits per heavy atom. The van der Waals surface area contributed by atoms with Crippen molar-refractivity contribution in [3.8, 4) is 5.75 Å². The number of nitrogens with one attached hydrogen (secondary N) is 2. The van der Waals surface area contributed by atoms with Crippen LogP contribution in [0.4, 0.5) is 16.2 Å². The molecule has 0 radical (unpaired) electrons. The maximum atomic E-state index is 13.1. The topological polar surface area (TPSA) is 90.9 Å². The van der Waals surface area contributed by atoms with E-state index in [0.717, 1.165) is 17.7 Å². The van der Waals surface area contributed by atoms with Crippen molar-refractivity contribution in [2.75, 3.05) is 23.4 Å². The van der Waals surface area contributed by atoms with Gasteiger partial charge >= 0.3 is 6.03 Å². The van der Waals surface area contributed by atoms with Crippen molar-refractivity contribution in [3.63, 3.8) is 0 Å². The summed E-state index contributed by atoms with van der Waals surface area (Å²) in [6.07, 6.45) is 1.66. The van der Waals surface area contributed by atoms with Gasteiger partial charge in [0.25, 0.3) is 11.6 Å². The largest absolute Gasteiger partial charge is 0.494 e. The van der Waals surface area contributed by atoms with E-state index in [9.17, 15) is 14.7 Å². The highest BCUT2D eigenvalue weighted by Gasteiger charge is 2.52. The van der Waals surface area contributed by atoms with E-state index in [1.807, 2.05) is 13.8 Å². The molecule has 3 amide bonds. The third-order valence-corrected chi connectivity index (χ3v) is 5.16. The van der Waals surface area contributed by atoms with Gasteiger partial charge in [0.1, 0.15) is 5.75 Å². The number of rotatable bonds is 7. The maximum absolute atomic E-state index is 13.1. The Morgan fingerprint density at radius 3 is 2.62 bits per heavy atom. The van der Waals surface area contributed by atoms with Crippen molar-refractivity contribution in [3.05, 3.63) is 52.5 Å². The lowest BCUT2D eigenvalue weighted by molar-refractivity contribution is -0.140. The Morgan fingerprint density at radius 1 is 1.24 bits per heavy atom. The summed E-state index contributed by atoms with van der Waals surface area (Å²) in [5.41, 5.74) is -1.17. The number of urea groups is 1. The third kappa shape index (κ3) is 4.09. The molecular weight excluding hydrogens is 438 g/mol. The first-order chi connectivity index (χ1) is 13.9. The Kier molecular flexibility index (Phi) is 6.44. The van der Waals surface area contributed by atoms with Crippen LogP contribution in [-0.2, 0) is 10.5 Å². The standard InChI is InChI=1S/C21H24BrN3O4/c1-3-5-12-23-19(26)21(28)17-13-14(22)6-11-18(17)24-20(27)25(21)15-7-9-16(10-8-15)29-4-2/h6-11,13,28H,3-5,12H2,1-2H3,(H,23,26)(H,24,27)/t21-/m0/s1. The number of carbonyl (C=O) groups is 2. The van der Waals surface area contributed by atoms with Crippen LogP contribution in [0.1, 0.15) is 32.3 Å². The first-order valence-corrected chi connectivity index (χ1v) is 10.4. The van der Waals surface area contributed by atoms with E-state index < -0.39 is 17.7 Å². The second-order valence-electron chi connectivity index (χ2n) is 6.66. The predicted molar refractivity (Wildman–Crippen MR) is 115 cm³/mol. The quantitative estimate of drug-likeness (QED) is 0.544. The third-order valence-electron chi connectivity index (χ3n) is 4.66. The SMILES string of the molecule is CCCCNC(=O)[C@@]1(O)c2cc(Br)ccc2NC(=O)N1c1ccc(OCC)cc1. The monoisotopic (exact) mass is 461 g/mol. The van der Waals surface area contributed by atoms with E-state index in [1.54, 1.807) is 42.5 Å². The normalized spacial score (nSPS) is 18.1. The fraction of sp³-hybridized carbons (Fsp3) is 0.333. The summed E-state index contributed by atoms with van der Waals surface area (Å²) in [5, 5.41) is 17.2. The summed E-state index contributed by atoms with van der Waals surface area (Å²) >= 11 is 3.38. The molecular formula is C21H24BrN3O4. The highest BCUT2D eigenvalue weighted by atomic mass is 79.9. The minimum atomic E-state index is -2.21. The molecule has 0 fully saturated rings. The lowest BCUT2D eigenvalue weighted by atomic mass is 9.94. The number of hydrogen-bond acceptors (Lipinski definition) is 4. The molecule has 29 heavy (non-hydrogen) atoms. The van der Waals surface area contributed by atoms with Gasteiger partial charge in [-0.05, 0) is 55.8 Å². The number of aliphatic hydroxyl groups is 1. The number of carbonyl (C=O) groups excluding carboxylic acids is 2. The molecule has 0 aromatic heterocycles. The molecule has 0 saturated carbocycles. The summed E-state index contributed by atoms with van der Waals surface area (Å²) < 4.78 is 6.12. The van der Waals surface area contributed by atoms with Gasteiger partial charge < -0.3 is 20.5 Å². The second-order valence-corrected chi connectivity index (χ2v) is 7.58. The molecule has 1 atom stereocenters. The molecule has 0 saturated heterocycles. The van der Waals surface area contributed by atoms with Crippen molar-refractivity contribution < 1.29 is 19.4 Å². The molecule has 2 aromatic carbocycles. The Labute approximate surface area is 178 Å². The number of anilines is 2. The van der Waals surface area contributed by atoms with Gasteiger partial charge in [0.05, 0.1) is 12.3 Å². The van der Waals surface area contributed by atoms with E-state index in [0.29, 0.717) is 34.7 Å². The van der Waals surface area contributed by atoms with Crippen molar-refractivity contribution in [1.82, 2.24) is 5.32 Å². The molecule has 1 aliphatic rings. The van der Waals surface area contributed by atoms with Gasteiger partial charge in [-0.2, -0.15) is 0 Å². The van der Waals surface area contributed by atoms with Crippen molar-refractivity contribution in [2.45, 2.75) is 32.4 Å². The molecule has 0 bridgehead atoms. The molecule has 3 rings (SSSR count). The van der Waals surface area contributed by atoms with Crippen molar-refractivity contribution in [2.24, 2.45) is 0 Å². The zero-order valence-corrected chi connectivity index (χ0v) is 18.0. The highest BCUT2D eigenvalue weighted by Crippen LogP contribution is 2.41. The fourth-order valence-electron chi connectivity index (χ4n) is 3.24. The number of fused-ring (bicyclic) bond motifs is 1. The molecule has 1 aliphatic heterocycles. The molecule has 7 nitrogen and oxygen atoms in total. The molecule has 0 unspecified atom stereocenters. The highest BCUT2D eigenvalue weighted by molar-refractivity contribution is 9.10. The Balaban J connectivity index is 2.09. The van der Waals surface area contributed by atoms with Gasteiger partial charge in [-0.15, -0.1) is 0 Å². The lowest BCUT2D eigenvalue weighted by Crippen LogP contribution is -2.62. The van der Waals surface area contributed by atoms with Crippen LogP contribution >= 0.6 is 15.9 Å². The number of halogens is 1. The predicted octanol–water partition coefficient (Wildman–Crippen LogP) is 3.96. The molecule has 1 heterocycles. The van der Waals surface area contributed by atoms with Crippen LogP contribution < -0.4 is 20.3 Å². The number of ether oxygens (including phenoxy) is 1. The molecule has 2 aromatic rings. The summed E-state index contributed by atoms with van der Waals surface area (Å²) in [7, 11) is 0. The molecule has 3 N–H and O–H groups in total. The van der Waals surface area contributed by atoms with E-state index in [4.69, 9.17) is 4.74 Å². The van der Waals surface area contributed by atoms with Crippen LogP contribution in [0.3, 0.4) is 0 Å². The zero-order valence-electron chi connectivity index (χ0n) is 16.4. The van der Waals surface area contributed by atoms with Gasteiger partial charge in [-0.25, -0.2) is 4.79 Å². The average molecular weight is 462 g/mol. The number of hydrogen-bond donors (Lipinski definition) is 3. The minimum Gasteiger partial charge on any atom is -0.494 e. The van der Waals surface area contributed by atoms with Crippen LogP contribution in [0, 0.1) is 0 Å². The van der Waals surface area contributed by atoms with Gasteiger partial charge in [0.2, 0.25) is 0 Å². The summed E-state index contributed by atoms with van der Waals surface area (Å²) in [6, 6.07) is 11.1. The van der Waals surface area contributed by atoms with E-state index in [-0.39, 0.29) is 5.56 Å². The summed E-state index contributed by atoms with van der Waals surface area (Å²) in [6.45, 7) is 4.79. The van der Waals surface area contributed by atoms with Gasteiger partial charge in [0.15, 0.2) is 0 Å². The maximum Gasteiger partial charge on any atom is 0.329 e. The van der Waals surface area contributed by atoms with E-state index in [2.05, 4.69) is 26.6 Å². The van der Waals surface area contributed by atoms with Crippen LogP contribution in [0.5, 0.6) is 5.75 Å². The van der Waals surface area contributed by atoms with Crippen LogP contribution in [-0.4, -0.2) is 30.2 Å². The average Bonchev–Trinajstić information content (AvgIpc) is 2.70. The zero-order chi connectivity index (χ0) is 21.0. The van der Waals surface area contributed by atoms with E-state index in [1.165, 1.54) is 0 Å². The fourth-order valence-corrected chi connectivity index (χ4v) is 3.60. The van der Waals surface area contributed by atoms with Gasteiger partial charge in [0, 0.05) is 22.3 Å². The van der Waals surface area contributed by atoms with Gasteiger partial charge in [-0.3, -0.25) is 9.69 Å². The lowest BCUT2D eigenvalue weighted by Gasteiger charge is -2.42. The summed E-state index contributed by atoms with van der Waals surface area (Å²) in [4.78, 5) is 27.1. The van der Waals surface area contributed by atoms with Crippen LogP contribution in [0.25, 0.3) is 0 Å². The summed E-state index contributed by atoms with van der Waals surface area (Å²) in [5.74, 6) is -0.0261. The van der Waals surface area contributed by atoms with Gasteiger partial charge in [-0.1, -0.05) is 29.3 Å². The molecule has 0 aliphatic carbocycles. The number of amides is 3. The minimum absolute atomic E-state index is 0.286. The van der Waals surface area contributed by atoms with Crippen LogP contribution in [0.15, 0.2) is 46.9 Å². The number of unbranched alkanes of at least 4 members (excludes halogenated alkanes) is 1. The second kappa shape index (κ2) is 8.84. The molecule has 154 valence electrons. The Hall–Kier alpha value is -2.58. The number of nitrogens with zero attached hydrogens (tertiary/aromatic N) is 1. The number of benzene rings is 2. The molecule has 8 heteroatoms. The van der Waals surface area contributed by atoms with Crippen molar-refractivity contribution in [1.29, 1.82) is 0 Å². The first kappa shape index (κ1) is 21.1. The van der Waals surface area contributed by atoms with Crippen LogP contribution in [0.2, 0.25) is 0 Å². The molecule has 0 spiro atoms. The Bertz CT molecular complexity index is 903. The van der Waals surface area contributed by atoms with E-state index >= 15 is 0 Å². The van der Waals surface area contributed by atoms with Crippen molar-refractivity contribution >= 4 is 39.2 Å².